The Morgan fingerprint density at radius 1 is 1.22 bits per heavy atom. The van der Waals surface area contributed by atoms with Crippen LogP contribution in [0.25, 0.3) is 0 Å². The van der Waals surface area contributed by atoms with Crippen LogP contribution < -0.4 is 10.1 Å². The molecule has 2 rings (SSSR count). The normalized spacial score (nSPS) is 15.9. The Balaban J connectivity index is 1.73. The van der Waals surface area contributed by atoms with E-state index in [0.29, 0.717) is 38.3 Å². The predicted octanol–water partition coefficient (Wildman–Crippen LogP) is 2.88. The van der Waals surface area contributed by atoms with Gasteiger partial charge in [-0.05, 0) is 57.9 Å². The fraction of sp³-hybridized carbons (Fsp3) is 0.600. The average Bonchev–Trinajstić information content (AvgIpc) is 2.68. The number of ether oxygens (including phenoxy) is 1. The lowest BCUT2D eigenvalue weighted by atomic mass is 9.95. The number of hydrogen-bond acceptors (Lipinski definition) is 3. The Morgan fingerprint density at radius 2 is 1.81 bits per heavy atom. The molecule has 0 radical (unpaired) electrons. The van der Waals surface area contributed by atoms with Crippen molar-refractivity contribution >= 4 is 11.9 Å². The number of halogens is 1. The second-order valence-corrected chi connectivity index (χ2v) is 6.89. The van der Waals surface area contributed by atoms with Crippen molar-refractivity contribution in [2.24, 2.45) is 5.92 Å². The minimum atomic E-state index is -0.313. The minimum absolute atomic E-state index is 0.00758. The van der Waals surface area contributed by atoms with E-state index in [1.165, 1.54) is 12.1 Å². The van der Waals surface area contributed by atoms with Crippen LogP contribution in [-0.2, 0) is 4.79 Å². The number of urea groups is 1. The summed E-state index contributed by atoms with van der Waals surface area (Å²) >= 11 is 0. The molecule has 3 amide bonds. The molecule has 0 aliphatic carbocycles. The molecule has 6 nitrogen and oxygen atoms in total. The highest BCUT2D eigenvalue weighted by Gasteiger charge is 2.29. The molecule has 7 heteroatoms. The second-order valence-electron chi connectivity index (χ2n) is 6.89. The van der Waals surface area contributed by atoms with E-state index in [1.54, 1.807) is 17.0 Å². The van der Waals surface area contributed by atoms with Crippen LogP contribution in [0.15, 0.2) is 24.3 Å². The van der Waals surface area contributed by atoms with E-state index < -0.39 is 0 Å². The summed E-state index contributed by atoms with van der Waals surface area (Å²) in [7, 11) is 0. The Morgan fingerprint density at radius 3 is 2.37 bits per heavy atom. The third-order valence-corrected chi connectivity index (χ3v) is 4.89. The number of likely N-dealkylation sites (tertiary alicyclic amines) is 1. The molecule has 1 aromatic carbocycles. The molecule has 0 unspecified atom stereocenters. The zero-order valence-electron chi connectivity index (χ0n) is 16.4. The highest BCUT2D eigenvalue weighted by molar-refractivity contribution is 5.79. The van der Waals surface area contributed by atoms with Crippen molar-refractivity contribution < 1.29 is 18.7 Å². The lowest BCUT2D eigenvalue weighted by Gasteiger charge is -2.34. The van der Waals surface area contributed by atoms with Crippen molar-refractivity contribution in [2.45, 2.75) is 39.7 Å². The average molecular weight is 379 g/mol. The summed E-state index contributed by atoms with van der Waals surface area (Å²) < 4.78 is 18.4. The third-order valence-electron chi connectivity index (χ3n) is 4.89. The number of amides is 3. The standard InChI is InChI=1S/C20H30FN3O3/c1-4-23(5-2)19(25)16-10-12-24(13-11-16)20(26)22-15(3)14-27-18-8-6-17(21)7-9-18/h6-9,15-16H,4-5,10-14H2,1-3H3,(H,22,26)/t15-/m0/s1. The summed E-state index contributed by atoms with van der Waals surface area (Å²) in [5.41, 5.74) is 0. The number of rotatable bonds is 7. The maximum absolute atomic E-state index is 12.9. The number of nitrogens with one attached hydrogen (secondary N) is 1. The van der Waals surface area contributed by atoms with Crippen LogP contribution in [0.3, 0.4) is 0 Å². The van der Waals surface area contributed by atoms with E-state index in [9.17, 15) is 14.0 Å². The van der Waals surface area contributed by atoms with Crippen LogP contribution in [0, 0.1) is 11.7 Å². The summed E-state index contributed by atoms with van der Waals surface area (Å²) in [6.45, 7) is 8.73. The number of piperidine rings is 1. The van der Waals surface area contributed by atoms with Crippen LogP contribution in [0.5, 0.6) is 5.75 Å². The van der Waals surface area contributed by atoms with Gasteiger partial charge in [0.2, 0.25) is 5.91 Å². The van der Waals surface area contributed by atoms with Crippen molar-refractivity contribution in [1.29, 1.82) is 0 Å². The number of carbonyl (C=O) groups excluding carboxylic acids is 2. The lowest BCUT2D eigenvalue weighted by Crippen LogP contribution is -2.50. The monoisotopic (exact) mass is 379 g/mol. The molecule has 150 valence electrons. The first-order chi connectivity index (χ1) is 12.9. The Hall–Kier alpha value is -2.31. The Kier molecular flexibility index (Phi) is 7.88. The van der Waals surface area contributed by atoms with E-state index in [-0.39, 0.29) is 29.7 Å². The predicted molar refractivity (Wildman–Crippen MR) is 102 cm³/mol. The number of nitrogens with zero attached hydrogens (tertiary/aromatic N) is 2. The molecule has 1 N–H and O–H groups in total. The summed E-state index contributed by atoms with van der Waals surface area (Å²) in [5.74, 6) is 0.453. The van der Waals surface area contributed by atoms with Gasteiger partial charge in [-0.15, -0.1) is 0 Å². The fourth-order valence-electron chi connectivity index (χ4n) is 3.22. The van der Waals surface area contributed by atoms with Crippen molar-refractivity contribution in [3.05, 3.63) is 30.1 Å². The first kappa shape index (κ1) is 21.0. The van der Waals surface area contributed by atoms with Gasteiger partial charge in [0.25, 0.3) is 0 Å². The maximum atomic E-state index is 12.9. The highest BCUT2D eigenvalue weighted by Crippen LogP contribution is 2.20. The summed E-state index contributed by atoms with van der Waals surface area (Å²) in [6, 6.07) is 5.46. The zero-order valence-corrected chi connectivity index (χ0v) is 16.4. The number of hydrogen-bond donors (Lipinski definition) is 1. The molecule has 1 fully saturated rings. The van der Waals surface area contributed by atoms with Gasteiger partial charge in [0.05, 0.1) is 6.04 Å². The van der Waals surface area contributed by atoms with Crippen LogP contribution in [-0.4, -0.2) is 60.6 Å². The molecule has 0 spiro atoms. The van der Waals surface area contributed by atoms with Gasteiger partial charge >= 0.3 is 6.03 Å². The highest BCUT2D eigenvalue weighted by atomic mass is 19.1. The van der Waals surface area contributed by atoms with Gasteiger partial charge in [-0.25, -0.2) is 9.18 Å². The van der Waals surface area contributed by atoms with E-state index in [0.717, 1.165) is 13.1 Å². The summed E-state index contributed by atoms with van der Waals surface area (Å²) in [6.07, 6.45) is 1.40. The Bertz CT molecular complexity index is 611. The second kappa shape index (κ2) is 10.1. The van der Waals surface area contributed by atoms with E-state index in [1.807, 2.05) is 25.7 Å². The molecule has 0 saturated carbocycles. The Labute approximate surface area is 160 Å². The van der Waals surface area contributed by atoms with Crippen molar-refractivity contribution in [2.75, 3.05) is 32.8 Å². The molecule has 1 aromatic rings. The third kappa shape index (κ3) is 6.12. The van der Waals surface area contributed by atoms with Crippen molar-refractivity contribution in [3.8, 4) is 5.75 Å². The van der Waals surface area contributed by atoms with Gasteiger partial charge in [0.1, 0.15) is 18.2 Å². The topological polar surface area (TPSA) is 61.9 Å². The van der Waals surface area contributed by atoms with Gasteiger partial charge in [-0.2, -0.15) is 0 Å². The first-order valence-corrected chi connectivity index (χ1v) is 9.67. The fourth-order valence-corrected chi connectivity index (χ4v) is 3.22. The maximum Gasteiger partial charge on any atom is 0.317 e. The molecular formula is C20H30FN3O3. The van der Waals surface area contributed by atoms with Crippen molar-refractivity contribution in [3.63, 3.8) is 0 Å². The smallest absolute Gasteiger partial charge is 0.317 e. The molecule has 1 heterocycles. The van der Waals surface area contributed by atoms with E-state index in [4.69, 9.17) is 4.74 Å². The van der Waals surface area contributed by atoms with Gasteiger partial charge in [0.15, 0.2) is 0 Å². The number of benzene rings is 1. The molecule has 1 aliphatic heterocycles. The molecule has 1 aliphatic rings. The van der Waals surface area contributed by atoms with Crippen LogP contribution in [0.2, 0.25) is 0 Å². The largest absolute Gasteiger partial charge is 0.491 e. The summed E-state index contributed by atoms with van der Waals surface area (Å²) in [5, 5.41) is 2.91. The molecule has 0 aromatic heterocycles. The van der Waals surface area contributed by atoms with Gasteiger partial charge in [-0.3, -0.25) is 4.79 Å². The van der Waals surface area contributed by atoms with Gasteiger partial charge in [-0.1, -0.05) is 0 Å². The SMILES string of the molecule is CCN(CC)C(=O)C1CCN(C(=O)N[C@@H](C)COc2ccc(F)cc2)CC1. The van der Waals surface area contributed by atoms with Crippen LogP contribution >= 0.6 is 0 Å². The number of carbonyl (C=O) groups is 2. The first-order valence-electron chi connectivity index (χ1n) is 9.67. The van der Waals surface area contributed by atoms with E-state index >= 15 is 0 Å². The molecule has 27 heavy (non-hydrogen) atoms. The quantitative estimate of drug-likeness (QED) is 0.792. The van der Waals surface area contributed by atoms with Crippen LogP contribution in [0.1, 0.15) is 33.6 Å². The minimum Gasteiger partial charge on any atom is -0.491 e. The lowest BCUT2D eigenvalue weighted by molar-refractivity contribution is -0.136. The van der Waals surface area contributed by atoms with Gasteiger partial charge in [0, 0.05) is 32.1 Å². The zero-order chi connectivity index (χ0) is 19.8. The summed E-state index contributed by atoms with van der Waals surface area (Å²) in [4.78, 5) is 28.4. The molecule has 1 saturated heterocycles. The molecular weight excluding hydrogens is 349 g/mol. The molecule has 1 atom stereocenters. The van der Waals surface area contributed by atoms with Crippen molar-refractivity contribution in [1.82, 2.24) is 15.1 Å². The van der Waals surface area contributed by atoms with Gasteiger partial charge < -0.3 is 19.9 Å². The molecule has 0 bridgehead atoms. The van der Waals surface area contributed by atoms with Crippen LogP contribution in [0.4, 0.5) is 9.18 Å². The van der Waals surface area contributed by atoms with E-state index in [2.05, 4.69) is 5.32 Å².